The van der Waals surface area contributed by atoms with Crippen molar-refractivity contribution in [2.45, 2.75) is 31.7 Å². The van der Waals surface area contributed by atoms with Crippen LogP contribution in [0.5, 0.6) is 0 Å². The second kappa shape index (κ2) is 7.35. The van der Waals surface area contributed by atoms with Crippen molar-refractivity contribution in [2.75, 3.05) is 19.3 Å². The number of nitrogens with one attached hydrogen (secondary N) is 1. The van der Waals surface area contributed by atoms with Gasteiger partial charge in [0.2, 0.25) is 10.0 Å². The second-order valence-corrected chi connectivity index (χ2v) is 7.56. The largest absolute Gasteiger partial charge is 0.336 e. The first-order valence-corrected chi connectivity index (χ1v) is 9.38. The molecule has 128 valence electrons. The van der Waals surface area contributed by atoms with Crippen molar-refractivity contribution in [1.82, 2.24) is 9.62 Å². The Morgan fingerprint density at radius 2 is 2.09 bits per heavy atom. The minimum atomic E-state index is -3.28. The summed E-state index contributed by atoms with van der Waals surface area (Å²) in [6.07, 6.45) is 4.01. The lowest BCUT2D eigenvalue weighted by Gasteiger charge is -2.36. The van der Waals surface area contributed by atoms with Crippen LogP contribution in [0.4, 0.5) is 8.78 Å². The third-order valence-electron chi connectivity index (χ3n) is 3.89. The van der Waals surface area contributed by atoms with Crippen molar-refractivity contribution in [2.24, 2.45) is 0 Å². The Kier molecular flexibility index (Phi) is 5.69. The quantitative estimate of drug-likeness (QED) is 0.885. The van der Waals surface area contributed by atoms with Gasteiger partial charge in [-0.1, -0.05) is 0 Å². The summed E-state index contributed by atoms with van der Waals surface area (Å²) in [7, 11) is -3.28. The summed E-state index contributed by atoms with van der Waals surface area (Å²) < 4.78 is 51.4. The van der Waals surface area contributed by atoms with Gasteiger partial charge in [0, 0.05) is 25.2 Å². The molecule has 1 N–H and O–H groups in total. The molecule has 2 rings (SSSR count). The van der Waals surface area contributed by atoms with E-state index in [1.807, 2.05) is 0 Å². The van der Waals surface area contributed by atoms with Gasteiger partial charge in [0.05, 0.1) is 11.8 Å². The summed E-state index contributed by atoms with van der Waals surface area (Å²) >= 11 is 0. The van der Waals surface area contributed by atoms with Gasteiger partial charge < -0.3 is 4.90 Å². The molecule has 0 aromatic heterocycles. The van der Waals surface area contributed by atoms with Crippen molar-refractivity contribution in [3.63, 3.8) is 0 Å². The number of hydrogen-bond acceptors (Lipinski definition) is 3. The minimum Gasteiger partial charge on any atom is -0.336 e. The van der Waals surface area contributed by atoms with Crippen LogP contribution in [0.3, 0.4) is 0 Å². The molecule has 0 spiro atoms. The number of carbonyl (C=O) groups excluding carboxylic acids is 1. The maximum Gasteiger partial charge on any atom is 0.257 e. The molecule has 1 amide bonds. The monoisotopic (exact) mass is 346 g/mol. The highest BCUT2D eigenvalue weighted by Crippen LogP contribution is 2.23. The number of piperidine rings is 1. The van der Waals surface area contributed by atoms with Crippen LogP contribution in [0.1, 0.15) is 36.0 Å². The average Bonchev–Trinajstić information content (AvgIpc) is 2.46. The zero-order valence-corrected chi connectivity index (χ0v) is 13.7. The van der Waals surface area contributed by atoms with Crippen LogP contribution in [0, 0.1) is 11.6 Å². The normalized spacial score (nSPS) is 18.9. The van der Waals surface area contributed by atoms with E-state index in [0.717, 1.165) is 37.7 Å². The first-order chi connectivity index (χ1) is 10.8. The second-order valence-electron chi connectivity index (χ2n) is 5.73. The predicted molar refractivity (Wildman–Crippen MR) is 82.5 cm³/mol. The topological polar surface area (TPSA) is 66.5 Å². The van der Waals surface area contributed by atoms with Crippen LogP contribution in [0.25, 0.3) is 0 Å². The molecular formula is C15H20F2N2O3S. The third-order valence-corrected chi connectivity index (χ3v) is 4.62. The first-order valence-electron chi connectivity index (χ1n) is 7.48. The summed E-state index contributed by atoms with van der Waals surface area (Å²) in [4.78, 5) is 14.1. The molecule has 8 heteroatoms. The number of benzene rings is 1. The smallest absolute Gasteiger partial charge is 0.257 e. The number of hydrogen-bond donors (Lipinski definition) is 1. The zero-order valence-electron chi connectivity index (χ0n) is 12.9. The van der Waals surface area contributed by atoms with E-state index in [4.69, 9.17) is 0 Å². The van der Waals surface area contributed by atoms with Crippen LogP contribution >= 0.6 is 0 Å². The van der Waals surface area contributed by atoms with Gasteiger partial charge in [0.25, 0.3) is 5.91 Å². The molecule has 1 aromatic rings. The third kappa shape index (κ3) is 4.97. The molecule has 1 unspecified atom stereocenters. The van der Waals surface area contributed by atoms with E-state index in [2.05, 4.69) is 4.72 Å². The van der Waals surface area contributed by atoms with Crippen LogP contribution in [-0.2, 0) is 10.0 Å². The van der Waals surface area contributed by atoms with Gasteiger partial charge >= 0.3 is 0 Å². The molecule has 0 aliphatic carbocycles. The molecule has 5 nitrogen and oxygen atoms in total. The van der Waals surface area contributed by atoms with E-state index in [1.165, 1.54) is 0 Å². The number of carbonyl (C=O) groups is 1. The Morgan fingerprint density at radius 3 is 2.74 bits per heavy atom. The molecule has 1 fully saturated rings. The molecular weight excluding hydrogens is 326 g/mol. The maximum absolute atomic E-state index is 13.8. The van der Waals surface area contributed by atoms with E-state index >= 15 is 0 Å². The van der Waals surface area contributed by atoms with Crippen molar-refractivity contribution in [3.8, 4) is 0 Å². The lowest BCUT2D eigenvalue weighted by molar-refractivity contribution is 0.0599. The highest BCUT2D eigenvalue weighted by atomic mass is 32.2. The molecule has 1 aromatic carbocycles. The minimum absolute atomic E-state index is 0.157. The fraction of sp³-hybridized carbons (Fsp3) is 0.533. The summed E-state index contributed by atoms with van der Waals surface area (Å²) in [5.74, 6) is -2.09. The zero-order chi connectivity index (χ0) is 17.0. The van der Waals surface area contributed by atoms with Crippen LogP contribution in [0.15, 0.2) is 18.2 Å². The van der Waals surface area contributed by atoms with Gasteiger partial charge in [0.1, 0.15) is 11.6 Å². The van der Waals surface area contributed by atoms with Crippen LogP contribution in [-0.4, -0.2) is 44.6 Å². The summed E-state index contributed by atoms with van der Waals surface area (Å²) in [5, 5.41) is 0. The Bertz CT molecular complexity index is 679. The summed E-state index contributed by atoms with van der Waals surface area (Å²) in [6.45, 7) is 0.707. The lowest BCUT2D eigenvalue weighted by atomic mass is 9.98. The molecule has 23 heavy (non-hydrogen) atoms. The van der Waals surface area contributed by atoms with Crippen molar-refractivity contribution in [1.29, 1.82) is 0 Å². The van der Waals surface area contributed by atoms with Crippen LogP contribution in [0.2, 0.25) is 0 Å². The van der Waals surface area contributed by atoms with E-state index in [-0.39, 0.29) is 18.2 Å². The van der Waals surface area contributed by atoms with Gasteiger partial charge in [-0.05, 0) is 37.8 Å². The Morgan fingerprint density at radius 1 is 1.35 bits per heavy atom. The summed E-state index contributed by atoms with van der Waals surface area (Å²) in [5.41, 5.74) is -0.158. The molecule has 1 aliphatic rings. The molecule has 0 radical (unpaired) electrons. The number of rotatable bonds is 5. The van der Waals surface area contributed by atoms with Gasteiger partial charge in [-0.25, -0.2) is 21.9 Å². The van der Waals surface area contributed by atoms with Gasteiger partial charge in [0.15, 0.2) is 0 Å². The average molecular weight is 346 g/mol. The van der Waals surface area contributed by atoms with Crippen molar-refractivity contribution < 1.29 is 22.0 Å². The number of nitrogens with zero attached hydrogens (tertiary/aromatic N) is 1. The molecule has 0 saturated carbocycles. The number of halogens is 2. The first kappa shape index (κ1) is 17.8. The molecule has 1 saturated heterocycles. The van der Waals surface area contributed by atoms with Gasteiger partial charge in [-0.2, -0.15) is 0 Å². The predicted octanol–water partition coefficient (Wildman–Crippen LogP) is 1.90. The van der Waals surface area contributed by atoms with E-state index in [9.17, 15) is 22.0 Å². The van der Waals surface area contributed by atoms with Gasteiger partial charge in [-0.15, -0.1) is 0 Å². The Labute approximate surface area is 134 Å². The molecule has 1 heterocycles. The number of likely N-dealkylation sites (tertiary alicyclic amines) is 1. The SMILES string of the molecule is CS(=O)(=O)NCCC1CCCCN1C(=O)c1ccc(F)cc1F. The standard InChI is InChI=1S/C15H20F2N2O3S/c1-23(21,22)18-8-7-12-4-2-3-9-19(12)15(20)13-6-5-11(16)10-14(13)17/h5-6,10,12,18H,2-4,7-9H2,1H3. The molecule has 1 aliphatic heterocycles. The Balaban J connectivity index is 2.09. The molecule has 1 atom stereocenters. The fourth-order valence-electron chi connectivity index (χ4n) is 2.80. The lowest BCUT2D eigenvalue weighted by Crippen LogP contribution is -2.45. The van der Waals surface area contributed by atoms with E-state index in [1.54, 1.807) is 4.90 Å². The van der Waals surface area contributed by atoms with Crippen molar-refractivity contribution in [3.05, 3.63) is 35.4 Å². The Hall–Kier alpha value is -1.54. The van der Waals surface area contributed by atoms with Crippen molar-refractivity contribution >= 4 is 15.9 Å². The van der Waals surface area contributed by atoms with Gasteiger partial charge in [-0.3, -0.25) is 4.79 Å². The maximum atomic E-state index is 13.8. The van der Waals surface area contributed by atoms with Crippen LogP contribution < -0.4 is 4.72 Å². The number of amides is 1. The summed E-state index contributed by atoms with van der Waals surface area (Å²) in [6, 6.07) is 2.74. The molecule has 0 bridgehead atoms. The number of sulfonamides is 1. The fourth-order valence-corrected chi connectivity index (χ4v) is 3.29. The van der Waals surface area contributed by atoms with E-state index in [0.29, 0.717) is 19.0 Å². The van der Waals surface area contributed by atoms with E-state index < -0.39 is 27.6 Å². The highest BCUT2D eigenvalue weighted by Gasteiger charge is 2.28. The highest BCUT2D eigenvalue weighted by molar-refractivity contribution is 7.88.